The van der Waals surface area contributed by atoms with Crippen LogP contribution in [0, 0.1) is 5.92 Å². The van der Waals surface area contributed by atoms with Crippen molar-refractivity contribution in [1.82, 2.24) is 0 Å². The summed E-state index contributed by atoms with van der Waals surface area (Å²) in [5.41, 5.74) is 6.11. The van der Waals surface area contributed by atoms with Crippen LogP contribution in [0.1, 0.15) is 13.8 Å². The first-order valence-electron chi connectivity index (χ1n) is 5.25. The number of methoxy groups -OCH3 is 1. The Morgan fingerprint density at radius 2 is 2.00 bits per heavy atom. The predicted molar refractivity (Wildman–Crippen MR) is 64.4 cm³/mol. The minimum absolute atomic E-state index is 0.127. The van der Waals surface area contributed by atoms with E-state index in [1.807, 2.05) is 38.1 Å². The smallest absolute Gasteiger partial charge is 0.240 e. The monoisotopic (exact) mass is 222 g/mol. The number of nitrogens with one attached hydrogen (secondary N) is 1. The molecule has 1 aromatic rings. The molecule has 1 unspecified atom stereocenters. The van der Waals surface area contributed by atoms with E-state index in [1.165, 1.54) is 0 Å². The highest BCUT2D eigenvalue weighted by Crippen LogP contribution is 2.24. The van der Waals surface area contributed by atoms with E-state index in [2.05, 4.69) is 5.32 Å². The molecule has 0 aliphatic heterocycles. The lowest BCUT2D eigenvalue weighted by Crippen LogP contribution is -2.39. The number of rotatable bonds is 5. The van der Waals surface area contributed by atoms with Gasteiger partial charge < -0.3 is 15.8 Å². The number of ether oxygens (including phenoxy) is 1. The second kappa shape index (κ2) is 5.39. The van der Waals surface area contributed by atoms with Crippen LogP contribution in [-0.4, -0.2) is 19.1 Å². The molecule has 1 amide bonds. The zero-order valence-corrected chi connectivity index (χ0v) is 9.86. The Kier molecular flexibility index (Phi) is 4.17. The summed E-state index contributed by atoms with van der Waals surface area (Å²) < 4.78 is 5.19. The van der Waals surface area contributed by atoms with Gasteiger partial charge in [-0.2, -0.15) is 0 Å². The van der Waals surface area contributed by atoms with Gasteiger partial charge in [-0.3, -0.25) is 4.79 Å². The maximum absolute atomic E-state index is 11.3. The predicted octanol–water partition coefficient (Wildman–Crippen LogP) is 1.62. The number of carbonyl (C=O) groups is 1. The fourth-order valence-corrected chi connectivity index (χ4v) is 1.50. The summed E-state index contributed by atoms with van der Waals surface area (Å²) >= 11 is 0. The van der Waals surface area contributed by atoms with Gasteiger partial charge >= 0.3 is 0 Å². The van der Waals surface area contributed by atoms with Crippen molar-refractivity contribution in [2.75, 3.05) is 12.4 Å². The summed E-state index contributed by atoms with van der Waals surface area (Å²) in [7, 11) is 1.59. The lowest BCUT2D eigenvalue weighted by molar-refractivity contribution is -0.119. The SMILES string of the molecule is COc1ccccc1NC(C(N)=O)C(C)C. The van der Waals surface area contributed by atoms with Crippen LogP contribution in [0.15, 0.2) is 24.3 Å². The highest BCUT2D eigenvalue weighted by atomic mass is 16.5. The molecule has 0 aromatic heterocycles. The van der Waals surface area contributed by atoms with E-state index < -0.39 is 6.04 Å². The van der Waals surface area contributed by atoms with E-state index in [4.69, 9.17) is 10.5 Å². The molecule has 0 saturated heterocycles. The minimum Gasteiger partial charge on any atom is -0.495 e. The molecule has 0 fully saturated rings. The van der Waals surface area contributed by atoms with Gasteiger partial charge in [-0.05, 0) is 18.1 Å². The van der Waals surface area contributed by atoms with Crippen LogP contribution in [0.5, 0.6) is 5.75 Å². The van der Waals surface area contributed by atoms with Gasteiger partial charge in [0.15, 0.2) is 0 Å². The van der Waals surface area contributed by atoms with Crippen molar-refractivity contribution in [2.24, 2.45) is 11.7 Å². The molecule has 1 rings (SSSR count). The topological polar surface area (TPSA) is 64.3 Å². The van der Waals surface area contributed by atoms with E-state index in [-0.39, 0.29) is 11.8 Å². The number of hydrogen-bond acceptors (Lipinski definition) is 3. The van der Waals surface area contributed by atoms with Crippen molar-refractivity contribution < 1.29 is 9.53 Å². The van der Waals surface area contributed by atoms with Crippen LogP contribution in [0.25, 0.3) is 0 Å². The summed E-state index contributed by atoms with van der Waals surface area (Å²) in [4.78, 5) is 11.3. The summed E-state index contributed by atoms with van der Waals surface area (Å²) in [6.07, 6.45) is 0. The van der Waals surface area contributed by atoms with Crippen molar-refractivity contribution in [3.05, 3.63) is 24.3 Å². The number of nitrogens with two attached hydrogens (primary N) is 1. The Balaban J connectivity index is 2.89. The van der Waals surface area contributed by atoms with Gasteiger partial charge in [0.2, 0.25) is 5.91 Å². The molecule has 0 saturated carbocycles. The first-order valence-corrected chi connectivity index (χ1v) is 5.25. The summed E-state index contributed by atoms with van der Waals surface area (Å²) in [5.74, 6) is 0.470. The highest BCUT2D eigenvalue weighted by molar-refractivity contribution is 5.83. The van der Waals surface area contributed by atoms with Crippen molar-refractivity contribution in [3.63, 3.8) is 0 Å². The standard InChI is InChI=1S/C12H18N2O2/c1-8(2)11(12(13)15)14-9-6-4-5-7-10(9)16-3/h4-8,11,14H,1-3H3,(H2,13,15). The molecule has 0 spiro atoms. The first-order chi connectivity index (χ1) is 7.56. The molecular weight excluding hydrogens is 204 g/mol. The van der Waals surface area contributed by atoms with Crippen molar-refractivity contribution in [3.8, 4) is 5.75 Å². The average Bonchev–Trinajstić information content (AvgIpc) is 2.25. The summed E-state index contributed by atoms with van der Waals surface area (Å²) in [5, 5.41) is 3.10. The third-order valence-electron chi connectivity index (χ3n) is 2.39. The number of amides is 1. The molecule has 4 nitrogen and oxygen atoms in total. The molecule has 1 aromatic carbocycles. The van der Waals surface area contributed by atoms with E-state index in [9.17, 15) is 4.79 Å². The molecule has 0 bridgehead atoms. The number of primary amides is 1. The van der Waals surface area contributed by atoms with Crippen molar-refractivity contribution in [1.29, 1.82) is 0 Å². The molecule has 3 N–H and O–H groups in total. The number of para-hydroxylation sites is 2. The van der Waals surface area contributed by atoms with Crippen LogP contribution < -0.4 is 15.8 Å². The Hall–Kier alpha value is -1.71. The number of carbonyl (C=O) groups excluding carboxylic acids is 1. The van der Waals surface area contributed by atoms with E-state index >= 15 is 0 Å². The molecule has 88 valence electrons. The van der Waals surface area contributed by atoms with Gasteiger partial charge in [0.05, 0.1) is 12.8 Å². The molecule has 1 atom stereocenters. The van der Waals surface area contributed by atoms with E-state index in [1.54, 1.807) is 7.11 Å². The van der Waals surface area contributed by atoms with Gasteiger partial charge in [-0.1, -0.05) is 26.0 Å². The normalized spacial score (nSPS) is 12.2. The second-order valence-corrected chi connectivity index (χ2v) is 3.97. The Morgan fingerprint density at radius 1 is 1.38 bits per heavy atom. The molecule has 0 aliphatic rings. The Bertz CT molecular complexity index is 364. The molecule has 0 radical (unpaired) electrons. The third-order valence-corrected chi connectivity index (χ3v) is 2.39. The van der Waals surface area contributed by atoms with Gasteiger partial charge in [-0.15, -0.1) is 0 Å². The van der Waals surface area contributed by atoms with Crippen LogP contribution in [0.3, 0.4) is 0 Å². The van der Waals surface area contributed by atoms with Crippen LogP contribution in [0.4, 0.5) is 5.69 Å². The average molecular weight is 222 g/mol. The van der Waals surface area contributed by atoms with Crippen molar-refractivity contribution in [2.45, 2.75) is 19.9 Å². The van der Waals surface area contributed by atoms with Gasteiger partial charge in [0, 0.05) is 0 Å². The lowest BCUT2D eigenvalue weighted by Gasteiger charge is -2.21. The molecule has 4 heteroatoms. The van der Waals surface area contributed by atoms with Gasteiger partial charge in [0.1, 0.15) is 11.8 Å². The maximum Gasteiger partial charge on any atom is 0.240 e. The number of anilines is 1. The van der Waals surface area contributed by atoms with Crippen LogP contribution >= 0.6 is 0 Å². The first kappa shape index (κ1) is 12.4. The number of benzene rings is 1. The Labute approximate surface area is 95.8 Å². The number of hydrogen-bond donors (Lipinski definition) is 2. The second-order valence-electron chi connectivity index (χ2n) is 3.97. The summed E-state index contributed by atoms with van der Waals surface area (Å²) in [6.45, 7) is 3.88. The zero-order valence-electron chi connectivity index (χ0n) is 9.86. The van der Waals surface area contributed by atoms with Crippen LogP contribution in [-0.2, 0) is 4.79 Å². The molecule has 0 heterocycles. The zero-order chi connectivity index (χ0) is 12.1. The largest absolute Gasteiger partial charge is 0.495 e. The Morgan fingerprint density at radius 3 is 2.50 bits per heavy atom. The van der Waals surface area contributed by atoms with Crippen molar-refractivity contribution >= 4 is 11.6 Å². The highest BCUT2D eigenvalue weighted by Gasteiger charge is 2.20. The molecular formula is C12H18N2O2. The quantitative estimate of drug-likeness (QED) is 0.795. The molecule has 16 heavy (non-hydrogen) atoms. The van der Waals surface area contributed by atoms with Crippen LogP contribution in [0.2, 0.25) is 0 Å². The van der Waals surface area contributed by atoms with E-state index in [0.717, 1.165) is 5.69 Å². The minimum atomic E-state index is -0.392. The van der Waals surface area contributed by atoms with Gasteiger partial charge in [-0.25, -0.2) is 0 Å². The fraction of sp³-hybridized carbons (Fsp3) is 0.417. The lowest BCUT2D eigenvalue weighted by atomic mass is 10.0. The van der Waals surface area contributed by atoms with E-state index in [0.29, 0.717) is 5.75 Å². The maximum atomic E-state index is 11.3. The summed E-state index contributed by atoms with van der Waals surface area (Å²) in [6, 6.07) is 7.05. The van der Waals surface area contributed by atoms with Gasteiger partial charge in [0.25, 0.3) is 0 Å². The third kappa shape index (κ3) is 2.89. The fourth-order valence-electron chi connectivity index (χ4n) is 1.50. The molecule has 0 aliphatic carbocycles.